The fraction of sp³-hybridized carbons (Fsp3) is 0.0526. The van der Waals surface area contributed by atoms with Crippen LogP contribution in [0, 0.1) is 6.92 Å². The van der Waals surface area contributed by atoms with Gasteiger partial charge in [0.15, 0.2) is 0 Å². The third-order valence-electron chi connectivity index (χ3n) is 3.65. The summed E-state index contributed by atoms with van der Waals surface area (Å²) in [5.74, 6) is -1.53. The Labute approximate surface area is 133 Å². The molecule has 4 heteroatoms. The molecule has 3 rings (SSSR count). The number of benzene rings is 2. The predicted octanol–water partition coefficient (Wildman–Crippen LogP) is 3.90. The van der Waals surface area contributed by atoms with Crippen molar-refractivity contribution in [1.29, 1.82) is 0 Å². The van der Waals surface area contributed by atoms with Crippen LogP contribution in [0.25, 0.3) is 22.0 Å². The van der Waals surface area contributed by atoms with Crippen molar-refractivity contribution in [2.45, 2.75) is 6.92 Å². The van der Waals surface area contributed by atoms with Gasteiger partial charge in [-0.1, -0.05) is 35.9 Å². The molecule has 3 aromatic rings. The number of rotatable bonds is 3. The normalized spacial score (nSPS) is 11.2. The standard InChI is InChI=1S/C19H15NO3/c1-13-3-2-4-14(11-13)15-5-6-17-16(12-15)9-10-20(17)18(21)7-8-19(22)23/h2-12H,1H3,(H,22,23)/b8-7+. The summed E-state index contributed by atoms with van der Waals surface area (Å²) in [5.41, 5.74) is 4.14. The quantitative estimate of drug-likeness (QED) is 0.747. The van der Waals surface area contributed by atoms with Crippen LogP contribution in [0.15, 0.2) is 66.9 Å². The monoisotopic (exact) mass is 305 g/mol. The van der Waals surface area contributed by atoms with Crippen molar-refractivity contribution in [3.8, 4) is 11.1 Å². The second-order valence-electron chi connectivity index (χ2n) is 5.34. The van der Waals surface area contributed by atoms with E-state index in [1.165, 1.54) is 10.1 Å². The molecule has 1 N–H and O–H groups in total. The van der Waals surface area contributed by atoms with Crippen molar-refractivity contribution in [2.75, 3.05) is 0 Å². The number of aliphatic carboxylic acids is 1. The molecule has 0 spiro atoms. The average Bonchev–Trinajstić information content (AvgIpc) is 2.95. The first-order valence-electron chi connectivity index (χ1n) is 7.18. The molecule has 0 unspecified atom stereocenters. The summed E-state index contributed by atoms with van der Waals surface area (Å²) >= 11 is 0. The summed E-state index contributed by atoms with van der Waals surface area (Å²) in [7, 11) is 0. The maximum Gasteiger partial charge on any atom is 0.328 e. The van der Waals surface area contributed by atoms with Gasteiger partial charge in [0.05, 0.1) is 5.52 Å². The van der Waals surface area contributed by atoms with Crippen LogP contribution >= 0.6 is 0 Å². The van der Waals surface area contributed by atoms with Crippen molar-refractivity contribution in [1.82, 2.24) is 4.57 Å². The lowest BCUT2D eigenvalue weighted by Gasteiger charge is -2.05. The molecule has 0 saturated carbocycles. The molecular weight excluding hydrogens is 290 g/mol. The minimum absolute atomic E-state index is 0.384. The molecule has 114 valence electrons. The number of carboxylic acid groups (broad SMARTS) is 1. The first kappa shape index (κ1) is 14.8. The highest BCUT2D eigenvalue weighted by Crippen LogP contribution is 2.25. The number of carbonyl (C=O) groups excluding carboxylic acids is 1. The van der Waals surface area contributed by atoms with Crippen LogP contribution in [-0.2, 0) is 4.79 Å². The SMILES string of the molecule is Cc1cccc(-c2ccc3c(ccn3C(=O)/C=C/C(=O)O)c2)c1. The lowest BCUT2D eigenvalue weighted by molar-refractivity contribution is -0.131. The number of nitrogens with zero attached hydrogens (tertiary/aromatic N) is 1. The molecule has 0 aliphatic rings. The number of aryl methyl sites for hydroxylation is 1. The van der Waals surface area contributed by atoms with Crippen LogP contribution in [0.1, 0.15) is 10.4 Å². The minimum Gasteiger partial charge on any atom is -0.478 e. The van der Waals surface area contributed by atoms with Gasteiger partial charge in [-0.15, -0.1) is 0 Å². The Morgan fingerprint density at radius 1 is 1.00 bits per heavy atom. The van der Waals surface area contributed by atoms with Crippen LogP contribution in [-0.4, -0.2) is 21.6 Å². The van der Waals surface area contributed by atoms with Crippen LogP contribution in [0.5, 0.6) is 0 Å². The van der Waals surface area contributed by atoms with Gasteiger partial charge in [0.2, 0.25) is 0 Å². The number of aromatic nitrogens is 1. The maximum atomic E-state index is 12.0. The van der Waals surface area contributed by atoms with E-state index in [-0.39, 0.29) is 5.91 Å². The third kappa shape index (κ3) is 3.06. The fourth-order valence-corrected chi connectivity index (χ4v) is 2.56. The van der Waals surface area contributed by atoms with Crippen LogP contribution in [0.2, 0.25) is 0 Å². The lowest BCUT2D eigenvalue weighted by atomic mass is 10.0. The fourth-order valence-electron chi connectivity index (χ4n) is 2.56. The van der Waals surface area contributed by atoms with Gasteiger partial charge in [0.25, 0.3) is 5.91 Å². The van der Waals surface area contributed by atoms with Crippen molar-refractivity contribution in [3.63, 3.8) is 0 Å². The van der Waals surface area contributed by atoms with Crippen molar-refractivity contribution in [2.24, 2.45) is 0 Å². The Hall–Kier alpha value is -3.14. The molecule has 0 saturated heterocycles. The summed E-state index contributed by atoms with van der Waals surface area (Å²) in [6.07, 6.45) is 3.55. The van der Waals surface area contributed by atoms with Crippen LogP contribution in [0.3, 0.4) is 0 Å². The molecule has 23 heavy (non-hydrogen) atoms. The Bertz CT molecular complexity index is 935. The number of allylic oxidation sites excluding steroid dienone is 1. The van der Waals surface area contributed by atoms with Crippen molar-refractivity contribution in [3.05, 3.63) is 72.4 Å². The van der Waals surface area contributed by atoms with Crippen LogP contribution < -0.4 is 0 Å². The average molecular weight is 305 g/mol. The van der Waals surface area contributed by atoms with Gasteiger partial charge in [-0.2, -0.15) is 0 Å². The van der Waals surface area contributed by atoms with Crippen LogP contribution in [0.4, 0.5) is 0 Å². The maximum absolute atomic E-state index is 12.0. The van der Waals surface area contributed by atoms with E-state index in [2.05, 4.69) is 6.07 Å². The smallest absolute Gasteiger partial charge is 0.328 e. The van der Waals surface area contributed by atoms with E-state index >= 15 is 0 Å². The lowest BCUT2D eigenvalue weighted by Crippen LogP contribution is -2.06. The summed E-state index contributed by atoms with van der Waals surface area (Å²) in [4.78, 5) is 22.6. The largest absolute Gasteiger partial charge is 0.478 e. The highest BCUT2D eigenvalue weighted by atomic mass is 16.4. The molecule has 0 atom stereocenters. The Kier molecular flexibility index (Phi) is 3.81. The molecule has 0 fully saturated rings. The highest BCUT2D eigenvalue weighted by molar-refractivity contribution is 6.01. The van der Waals surface area contributed by atoms with E-state index in [9.17, 15) is 9.59 Å². The van der Waals surface area contributed by atoms with E-state index in [1.54, 1.807) is 6.20 Å². The summed E-state index contributed by atoms with van der Waals surface area (Å²) < 4.78 is 1.44. The van der Waals surface area contributed by atoms with E-state index in [4.69, 9.17) is 5.11 Å². The van der Waals surface area contributed by atoms with Gasteiger partial charge >= 0.3 is 5.97 Å². The predicted molar refractivity (Wildman–Crippen MR) is 89.5 cm³/mol. The first-order valence-corrected chi connectivity index (χ1v) is 7.18. The van der Waals surface area contributed by atoms with Gasteiger partial charge in [-0.3, -0.25) is 9.36 Å². The molecule has 0 aliphatic heterocycles. The molecule has 1 aromatic heterocycles. The van der Waals surface area contributed by atoms with E-state index in [0.717, 1.165) is 34.2 Å². The number of fused-ring (bicyclic) bond motifs is 1. The summed E-state index contributed by atoms with van der Waals surface area (Å²) in [6, 6.07) is 15.9. The molecule has 0 bridgehead atoms. The van der Waals surface area contributed by atoms with Gasteiger partial charge in [0.1, 0.15) is 0 Å². The number of carboxylic acids is 1. The summed E-state index contributed by atoms with van der Waals surface area (Å²) in [6.45, 7) is 2.05. The zero-order valence-corrected chi connectivity index (χ0v) is 12.6. The van der Waals surface area contributed by atoms with Crippen molar-refractivity contribution < 1.29 is 14.7 Å². The number of hydrogen-bond donors (Lipinski definition) is 1. The topological polar surface area (TPSA) is 59.3 Å². The highest BCUT2D eigenvalue weighted by Gasteiger charge is 2.08. The Morgan fingerprint density at radius 3 is 2.52 bits per heavy atom. The summed E-state index contributed by atoms with van der Waals surface area (Å²) in [5, 5.41) is 9.54. The zero-order chi connectivity index (χ0) is 16.4. The van der Waals surface area contributed by atoms with Gasteiger partial charge in [0, 0.05) is 23.7 Å². The van der Waals surface area contributed by atoms with E-state index in [1.807, 2.05) is 49.4 Å². The first-order chi connectivity index (χ1) is 11.0. The Balaban J connectivity index is 2.00. The third-order valence-corrected chi connectivity index (χ3v) is 3.65. The Morgan fingerprint density at radius 2 is 1.78 bits per heavy atom. The molecule has 2 aromatic carbocycles. The van der Waals surface area contributed by atoms with E-state index in [0.29, 0.717) is 0 Å². The molecular formula is C19H15NO3. The van der Waals surface area contributed by atoms with Crippen molar-refractivity contribution >= 4 is 22.8 Å². The second-order valence-corrected chi connectivity index (χ2v) is 5.34. The van der Waals surface area contributed by atoms with Gasteiger partial charge in [-0.25, -0.2) is 4.79 Å². The second kappa shape index (κ2) is 5.93. The molecule has 0 aliphatic carbocycles. The molecule has 0 amide bonds. The molecule has 1 heterocycles. The molecule has 4 nitrogen and oxygen atoms in total. The van der Waals surface area contributed by atoms with Gasteiger partial charge in [-0.05, 0) is 36.2 Å². The minimum atomic E-state index is -1.14. The number of carbonyl (C=O) groups is 2. The van der Waals surface area contributed by atoms with Gasteiger partial charge < -0.3 is 5.11 Å². The zero-order valence-electron chi connectivity index (χ0n) is 12.6. The number of hydrogen-bond acceptors (Lipinski definition) is 2. The molecule has 0 radical (unpaired) electrons. The van der Waals surface area contributed by atoms with E-state index < -0.39 is 5.97 Å².